The molecule has 1 N–H and O–H groups in total. The minimum absolute atomic E-state index is 0.00964. The molecule has 0 saturated heterocycles. The third-order valence-electron chi connectivity index (χ3n) is 4.41. The Morgan fingerprint density at radius 3 is 2.59 bits per heavy atom. The summed E-state index contributed by atoms with van der Waals surface area (Å²) in [4.78, 5) is 29.3. The number of rotatable bonds is 5. The van der Waals surface area contributed by atoms with Gasteiger partial charge < -0.3 is 10.1 Å². The van der Waals surface area contributed by atoms with Crippen LogP contribution >= 0.6 is 0 Å². The fourth-order valence-electron chi connectivity index (χ4n) is 2.78. The van der Waals surface area contributed by atoms with Crippen LogP contribution in [0.1, 0.15) is 22.8 Å². The Morgan fingerprint density at radius 2 is 1.86 bits per heavy atom. The van der Waals surface area contributed by atoms with E-state index in [2.05, 4.69) is 10.3 Å². The molecule has 8 heteroatoms. The number of esters is 1. The standard InChI is InChI=1S/C21H20N2O5S/c1-13-9-10-15(29(3,26)27)12-17(13)21(25)28-14(2)20(24)23-19-8-4-7-18-16(19)6-5-11-22-18/h4-12,14H,1-3H3,(H,23,24). The topological polar surface area (TPSA) is 102 Å². The Balaban J connectivity index is 1.77. The molecule has 0 spiro atoms. The van der Waals surface area contributed by atoms with Crippen LogP contribution in [-0.2, 0) is 19.4 Å². The molecule has 3 aromatic rings. The molecule has 0 aliphatic heterocycles. The molecule has 0 bridgehead atoms. The Hall–Kier alpha value is -3.26. The van der Waals surface area contributed by atoms with Crippen molar-refractivity contribution in [3.8, 4) is 0 Å². The summed E-state index contributed by atoms with van der Waals surface area (Å²) in [6.07, 6.45) is 1.63. The molecular weight excluding hydrogens is 392 g/mol. The van der Waals surface area contributed by atoms with Crippen LogP contribution in [0.25, 0.3) is 10.9 Å². The number of sulfone groups is 1. The third-order valence-corrected chi connectivity index (χ3v) is 5.52. The van der Waals surface area contributed by atoms with Crippen molar-refractivity contribution in [1.82, 2.24) is 4.98 Å². The van der Waals surface area contributed by atoms with Crippen molar-refractivity contribution in [2.75, 3.05) is 11.6 Å². The Labute approximate surface area is 168 Å². The van der Waals surface area contributed by atoms with Crippen molar-refractivity contribution in [3.63, 3.8) is 0 Å². The van der Waals surface area contributed by atoms with Gasteiger partial charge in [0, 0.05) is 17.8 Å². The zero-order valence-electron chi connectivity index (χ0n) is 16.2. The van der Waals surface area contributed by atoms with Crippen molar-refractivity contribution >= 4 is 38.3 Å². The molecule has 2 aromatic carbocycles. The zero-order valence-corrected chi connectivity index (χ0v) is 17.0. The lowest BCUT2D eigenvalue weighted by Crippen LogP contribution is -2.30. The molecule has 0 radical (unpaired) electrons. The molecule has 1 atom stereocenters. The molecule has 0 saturated carbocycles. The quantitative estimate of drug-likeness (QED) is 0.646. The second-order valence-corrected chi connectivity index (χ2v) is 8.68. The number of hydrogen-bond acceptors (Lipinski definition) is 6. The van der Waals surface area contributed by atoms with E-state index >= 15 is 0 Å². The highest BCUT2D eigenvalue weighted by Crippen LogP contribution is 2.22. The van der Waals surface area contributed by atoms with E-state index in [1.165, 1.54) is 25.1 Å². The van der Waals surface area contributed by atoms with Gasteiger partial charge in [0.1, 0.15) is 0 Å². The van der Waals surface area contributed by atoms with Crippen molar-refractivity contribution in [3.05, 3.63) is 65.9 Å². The monoisotopic (exact) mass is 412 g/mol. The van der Waals surface area contributed by atoms with Crippen molar-refractivity contribution in [1.29, 1.82) is 0 Å². The number of pyridine rings is 1. The van der Waals surface area contributed by atoms with E-state index < -0.39 is 27.8 Å². The number of nitrogens with one attached hydrogen (secondary N) is 1. The van der Waals surface area contributed by atoms with Crippen LogP contribution in [0.3, 0.4) is 0 Å². The lowest BCUT2D eigenvalue weighted by molar-refractivity contribution is -0.123. The first-order chi connectivity index (χ1) is 13.7. The molecule has 29 heavy (non-hydrogen) atoms. The van der Waals surface area contributed by atoms with E-state index in [0.717, 1.165) is 17.2 Å². The summed E-state index contributed by atoms with van der Waals surface area (Å²) in [6, 6.07) is 13.1. The summed E-state index contributed by atoms with van der Waals surface area (Å²) in [5.74, 6) is -1.28. The highest BCUT2D eigenvalue weighted by atomic mass is 32.2. The molecule has 1 aromatic heterocycles. The van der Waals surface area contributed by atoms with Gasteiger partial charge in [0.15, 0.2) is 15.9 Å². The van der Waals surface area contributed by atoms with Gasteiger partial charge in [-0.05, 0) is 55.8 Å². The van der Waals surface area contributed by atoms with Crippen molar-refractivity contribution in [2.45, 2.75) is 24.8 Å². The van der Waals surface area contributed by atoms with Crippen molar-refractivity contribution in [2.24, 2.45) is 0 Å². The van der Waals surface area contributed by atoms with Crippen LogP contribution in [0.5, 0.6) is 0 Å². The number of anilines is 1. The molecule has 1 unspecified atom stereocenters. The molecule has 150 valence electrons. The molecule has 0 aliphatic rings. The fourth-order valence-corrected chi connectivity index (χ4v) is 3.42. The summed E-state index contributed by atoms with van der Waals surface area (Å²) in [5, 5.41) is 3.50. The fraction of sp³-hybridized carbons (Fsp3) is 0.190. The number of carbonyl (C=O) groups is 2. The van der Waals surface area contributed by atoms with Crippen molar-refractivity contribution < 1.29 is 22.7 Å². The van der Waals surface area contributed by atoms with Crippen LogP contribution in [0.2, 0.25) is 0 Å². The largest absolute Gasteiger partial charge is 0.449 e. The van der Waals surface area contributed by atoms with E-state index in [1.54, 1.807) is 31.3 Å². The number of aromatic nitrogens is 1. The van der Waals surface area contributed by atoms with E-state index in [-0.39, 0.29) is 10.5 Å². The van der Waals surface area contributed by atoms with E-state index in [4.69, 9.17) is 4.74 Å². The maximum Gasteiger partial charge on any atom is 0.339 e. The van der Waals surface area contributed by atoms with Gasteiger partial charge in [0.2, 0.25) is 0 Å². The molecule has 0 aliphatic carbocycles. The van der Waals surface area contributed by atoms with E-state index in [9.17, 15) is 18.0 Å². The SMILES string of the molecule is Cc1ccc(S(C)(=O)=O)cc1C(=O)OC(C)C(=O)Nc1cccc2ncccc12. The number of nitrogens with zero attached hydrogens (tertiary/aromatic N) is 1. The van der Waals surface area contributed by atoms with Gasteiger partial charge in [-0.25, -0.2) is 13.2 Å². The summed E-state index contributed by atoms with van der Waals surface area (Å²) < 4.78 is 28.7. The molecular formula is C21H20N2O5S. The average Bonchev–Trinajstić information content (AvgIpc) is 2.67. The van der Waals surface area contributed by atoms with Gasteiger partial charge in [-0.2, -0.15) is 0 Å². The normalized spacial score (nSPS) is 12.4. The summed E-state index contributed by atoms with van der Waals surface area (Å²) in [6.45, 7) is 3.11. The Kier molecular flexibility index (Phi) is 5.65. The molecule has 1 amide bonds. The predicted molar refractivity (Wildman–Crippen MR) is 110 cm³/mol. The molecule has 7 nitrogen and oxygen atoms in total. The van der Waals surface area contributed by atoms with Gasteiger partial charge >= 0.3 is 5.97 Å². The van der Waals surface area contributed by atoms with Crippen LogP contribution in [-0.4, -0.2) is 37.6 Å². The molecule has 0 fully saturated rings. The average molecular weight is 412 g/mol. The van der Waals surface area contributed by atoms with E-state index in [1.807, 2.05) is 12.1 Å². The first-order valence-electron chi connectivity index (χ1n) is 8.83. The maximum atomic E-state index is 12.5. The second kappa shape index (κ2) is 8.00. The van der Waals surface area contributed by atoms with Gasteiger partial charge in [0.25, 0.3) is 5.91 Å². The van der Waals surface area contributed by atoms with Crippen LogP contribution in [0, 0.1) is 6.92 Å². The summed E-state index contributed by atoms with van der Waals surface area (Å²) >= 11 is 0. The minimum Gasteiger partial charge on any atom is -0.449 e. The van der Waals surface area contributed by atoms with Gasteiger partial charge in [-0.1, -0.05) is 12.1 Å². The summed E-state index contributed by atoms with van der Waals surface area (Å²) in [5.41, 5.74) is 1.93. The number of aryl methyl sites for hydroxylation is 1. The van der Waals surface area contributed by atoms with E-state index in [0.29, 0.717) is 11.3 Å². The number of benzene rings is 2. The highest BCUT2D eigenvalue weighted by molar-refractivity contribution is 7.90. The predicted octanol–water partition coefficient (Wildman–Crippen LogP) is 3.13. The third kappa shape index (κ3) is 4.60. The van der Waals surface area contributed by atoms with Crippen LogP contribution in [0.15, 0.2) is 59.6 Å². The number of carbonyl (C=O) groups excluding carboxylic acids is 2. The second-order valence-electron chi connectivity index (χ2n) is 6.66. The van der Waals surface area contributed by atoms with Crippen LogP contribution in [0.4, 0.5) is 5.69 Å². The van der Waals surface area contributed by atoms with Gasteiger partial charge in [-0.15, -0.1) is 0 Å². The van der Waals surface area contributed by atoms with Gasteiger partial charge in [-0.3, -0.25) is 9.78 Å². The zero-order chi connectivity index (χ0) is 21.2. The first-order valence-corrected chi connectivity index (χ1v) is 10.7. The highest BCUT2D eigenvalue weighted by Gasteiger charge is 2.22. The lowest BCUT2D eigenvalue weighted by atomic mass is 10.1. The number of amides is 1. The molecule has 1 heterocycles. The number of ether oxygens (including phenoxy) is 1. The van der Waals surface area contributed by atoms with Crippen LogP contribution < -0.4 is 5.32 Å². The maximum absolute atomic E-state index is 12.5. The molecule has 3 rings (SSSR count). The minimum atomic E-state index is -3.47. The summed E-state index contributed by atoms with van der Waals surface area (Å²) in [7, 11) is -3.47. The smallest absolute Gasteiger partial charge is 0.339 e. The Morgan fingerprint density at radius 1 is 1.10 bits per heavy atom. The lowest BCUT2D eigenvalue weighted by Gasteiger charge is -2.15. The number of hydrogen-bond donors (Lipinski definition) is 1. The first kappa shape index (κ1) is 20.5. The Bertz CT molecular complexity index is 1200. The number of fused-ring (bicyclic) bond motifs is 1. The van der Waals surface area contributed by atoms with Gasteiger partial charge in [0.05, 0.1) is 21.7 Å².